The van der Waals surface area contributed by atoms with Crippen LogP contribution in [-0.4, -0.2) is 13.0 Å². The van der Waals surface area contributed by atoms with Crippen LogP contribution in [0.4, 0.5) is 0 Å². The third-order valence-corrected chi connectivity index (χ3v) is 3.71. The van der Waals surface area contributed by atoms with Crippen LogP contribution in [0.5, 0.6) is 5.75 Å². The lowest BCUT2D eigenvalue weighted by atomic mass is 9.78. The van der Waals surface area contributed by atoms with Crippen LogP contribution in [0.1, 0.15) is 17.0 Å². The van der Waals surface area contributed by atoms with Crippen molar-refractivity contribution in [3.8, 4) is 16.9 Å². The third-order valence-electron chi connectivity index (χ3n) is 3.71. The molecule has 0 heterocycles. The van der Waals surface area contributed by atoms with Gasteiger partial charge in [0, 0.05) is 0 Å². The molecule has 3 rings (SSSR count). The normalized spacial score (nSPS) is 16.4. The van der Waals surface area contributed by atoms with Crippen molar-refractivity contribution in [3.05, 3.63) is 53.6 Å². The molecule has 1 aliphatic rings. The zero-order valence-electron chi connectivity index (χ0n) is 10.7. The van der Waals surface area contributed by atoms with E-state index in [0.29, 0.717) is 6.42 Å². The molecular formula is C16H15NO2. The minimum atomic E-state index is -0.270. The highest BCUT2D eigenvalue weighted by atomic mass is 16.5. The van der Waals surface area contributed by atoms with Gasteiger partial charge in [-0.15, -0.1) is 0 Å². The van der Waals surface area contributed by atoms with Crippen molar-refractivity contribution in [2.75, 3.05) is 7.11 Å². The molecule has 0 spiro atoms. The van der Waals surface area contributed by atoms with E-state index in [4.69, 9.17) is 10.5 Å². The van der Waals surface area contributed by atoms with Crippen LogP contribution in [-0.2, 0) is 11.2 Å². The van der Waals surface area contributed by atoms with Crippen molar-refractivity contribution >= 4 is 5.91 Å². The van der Waals surface area contributed by atoms with Crippen molar-refractivity contribution < 1.29 is 9.53 Å². The van der Waals surface area contributed by atoms with Gasteiger partial charge in [0.25, 0.3) is 0 Å². The molecular weight excluding hydrogens is 238 g/mol. The maximum Gasteiger partial charge on any atom is 0.225 e. The molecule has 0 fully saturated rings. The van der Waals surface area contributed by atoms with E-state index in [0.717, 1.165) is 28.0 Å². The fourth-order valence-corrected chi connectivity index (χ4v) is 2.74. The van der Waals surface area contributed by atoms with Gasteiger partial charge < -0.3 is 10.5 Å². The number of rotatable bonds is 2. The summed E-state index contributed by atoms with van der Waals surface area (Å²) < 4.78 is 5.28. The van der Waals surface area contributed by atoms with Crippen molar-refractivity contribution in [3.63, 3.8) is 0 Å². The monoisotopic (exact) mass is 253 g/mol. The van der Waals surface area contributed by atoms with Crippen LogP contribution in [0, 0.1) is 0 Å². The van der Waals surface area contributed by atoms with Crippen LogP contribution in [0.15, 0.2) is 42.5 Å². The molecule has 0 saturated carbocycles. The number of nitrogens with two attached hydrogens (primary N) is 1. The van der Waals surface area contributed by atoms with Gasteiger partial charge in [0.2, 0.25) is 5.91 Å². The van der Waals surface area contributed by atoms with Gasteiger partial charge in [-0.3, -0.25) is 4.79 Å². The molecule has 0 aromatic heterocycles. The summed E-state index contributed by atoms with van der Waals surface area (Å²) in [4.78, 5) is 11.6. The molecule has 2 aromatic rings. The second-order valence-electron chi connectivity index (χ2n) is 4.77. The summed E-state index contributed by atoms with van der Waals surface area (Å²) in [5, 5.41) is 0. The highest BCUT2D eigenvalue weighted by Gasteiger charge is 2.28. The standard InChI is InChI=1S/C16H15NO2/c1-19-11-7-6-10-8-15(16(17)18)13-5-3-2-4-12(13)14(10)9-11/h2-7,9,15H,8H2,1H3,(H2,17,18). The summed E-state index contributed by atoms with van der Waals surface area (Å²) in [5.41, 5.74) is 9.89. The van der Waals surface area contributed by atoms with E-state index in [9.17, 15) is 4.79 Å². The van der Waals surface area contributed by atoms with Gasteiger partial charge in [-0.1, -0.05) is 30.3 Å². The van der Waals surface area contributed by atoms with E-state index < -0.39 is 0 Å². The summed E-state index contributed by atoms with van der Waals surface area (Å²) in [6, 6.07) is 13.9. The van der Waals surface area contributed by atoms with Gasteiger partial charge in [0.15, 0.2) is 0 Å². The first-order valence-electron chi connectivity index (χ1n) is 6.26. The number of hydrogen-bond acceptors (Lipinski definition) is 2. The van der Waals surface area contributed by atoms with Crippen LogP contribution < -0.4 is 10.5 Å². The Balaban J connectivity index is 2.22. The maximum atomic E-state index is 11.6. The molecule has 0 radical (unpaired) electrons. The van der Waals surface area contributed by atoms with Gasteiger partial charge in [0.1, 0.15) is 5.75 Å². The summed E-state index contributed by atoms with van der Waals surface area (Å²) in [6.07, 6.45) is 0.658. The number of hydrogen-bond donors (Lipinski definition) is 1. The molecule has 1 unspecified atom stereocenters. The molecule has 1 aliphatic carbocycles. The lowest BCUT2D eigenvalue weighted by molar-refractivity contribution is -0.119. The summed E-state index contributed by atoms with van der Waals surface area (Å²) >= 11 is 0. The molecule has 3 heteroatoms. The van der Waals surface area contributed by atoms with Gasteiger partial charge in [-0.25, -0.2) is 0 Å². The zero-order chi connectivity index (χ0) is 13.4. The number of ether oxygens (including phenoxy) is 1. The molecule has 1 amide bonds. The number of fused-ring (bicyclic) bond motifs is 3. The van der Waals surface area contributed by atoms with Crippen molar-refractivity contribution in [2.45, 2.75) is 12.3 Å². The number of carbonyl (C=O) groups is 1. The Bertz CT molecular complexity index is 649. The Morgan fingerprint density at radius 2 is 2.00 bits per heavy atom. The number of amides is 1. The zero-order valence-corrected chi connectivity index (χ0v) is 10.7. The summed E-state index contributed by atoms with van der Waals surface area (Å²) in [5.74, 6) is 0.317. The number of carbonyl (C=O) groups excluding carboxylic acids is 1. The van der Waals surface area contributed by atoms with Crippen LogP contribution in [0.2, 0.25) is 0 Å². The Labute approximate surface area is 112 Å². The van der Waals surface area contributed by atoms with E-state index >= 15 is 0 Å². The lowest BCUT2D eigenvalue weighted by Crippen LogP contribution is -2.26. The Hall–Kier alpha value is -2.29. The minimum absolute atomic E-state index is 0.239. The molecule has 2 aromatic carbocycles. The molecule has 0 bridgehead atoms. The molecule has 1 atom stereocenters. The minimum Gasteiger partial charge on any atom is -0.497 e. The Morgan fingerprint density at radius 1 is 1.21 bits per heavy atom. The van der Waals surface area contributed by atoms with E-state index in [-0.39, 0.29) is 11.8 Å². The molecule has 0 aliphatic heterocycles. The molecule has 96 valence electrons. The highest BCUT2D eigenvalue weighted by Crippen LogP contribution is 2.40. The third kappa shape index (κ3) is 1.87. The predicted molar refractivity (Wildman–Crippen MR) is 74.1 cm³/mol. The number of primary amides is 1. The van der Waals surface area contributed by atoms with Crippen molar-refractivity contribution in [1.82, 2.24) is 0 Å². The number of methoxy groups -OCH3 is 1. The van der Waals surface area contributed by atoms with Gasteiger partial charge in [-0.2, -0.15) is 0 Å². The van der Waals surface area contributed by atoms with Gasteiger partial charge in [-0.05, 0) is 40.8 Å². The molecule has 19 heavy (non-hydrogen) atoms. The van der Waals surface area contributed by atoms with E-state index in [1.165, 1.54) is 0 Å². The van der Waals surface area contributed by atoms with Crippen LogP contribution in [0.25, 0.3) is 11.1 Å². The smallest absolute Gasteiger partial charge is 0.225 e. The fourth-order valence-electron chi connectivity index (χ4n) is 2.74. The summed E-state index contributed by atoms with van der Waals surface area (Å²) in [6.45, 7) is 0. The largest absolute Gasteiger partial charge is 0.497 e. The maximum absolute atomic E-state index is 11.6. The molecule has 0 saturated heterocycles. The van der Waals surface area contributed by atoms with Crippen molar-refractivity contribution in [1.29, 1.82) is 0 Å². The van der Waals surface area contributed by atoms with Crippen molar-refractivity contribution in [2.24, 2.45) is 5.73 Å². The first kappa shape index (κ1) is 11.8. The average Bonchev–Trinajstić information content (AvgIpc) is 2.45. The first-order chi connectivity index (χ1) is 9.20. The fraction of sp³-hybridized carbons (Fsp3) is 0.188. The van der Waals surface area contributed by atoms with E-state index in [2.05, 4.69) is 0 Å². The first-order valence-corrected chi connectivity index (χ1v) is 6.26. The predicted octanol–water partition coefficient (Wildman–Crippen LogP) is 2.49. The lowest BCUT2D eigenvalue weighted by Gasteiger charge is -2.26. The van der Waals surface area contributed by atoms with Gasteiger partial charge in [0.05, 0.1) is 13.0 Å². The Morgan fingerprint density at radius 3 is 2.74 bits per heavy atom. The second-order valence-corrected chi connectivity index (χ2v) is 4.77. The second kappa shape index (κ2) is 4.43. The average molecular weight is 253 g/mol. The number of benzene rings is 2. The van der Waals surface area contributed by atoms with Crippen LogP contribution in [0.3, 0.4) is 0 Å². The Kier molecular flexibility index (Phi) is 2.75. The van der Waals surface area contributed by atoms with Crippen LogP contribution >= 0.6 is 0 Å². The molecule has 3 nitrogen and oxygen atoms in total. The van der Waals surface area contributed by atoms with E-state index in [1.54, 1.807) is 7.11 Å². The highest BCUT2D eigenvalue weighted by molar-refractivity contribution is 5.88. The molecule has 2 N–H and O–H groups in total. The topological polar surface area (TPSA) is 52.3 Å². The quantitative estimate of drug-likeness (QED) is 0.894. The SMILES string of the molecule is COc1ccc2c(c1)-c1ccccc1C(C(N)=O)C2. The van der Waals surface area contributed by atoms with E-state index in [1.807, 2.05) is 42.5 Å². The summed E-state index contributed by atoms with van der Waals surface area (Å²) in [7, 11) is 1.66. The van der Waals surface area contributed by atoms with Gasteiger partial charge >= 0.3 is 0 Å².